The maximum atomic E-state index is 13.7. The van der Waals surface area contributed by atoms with Crippen LogP contribution in [0.1, 0.15) is 0 Å². The van der Waals surface area contributed by atoms with Crippen molar-refractivity contribution in [1.82, 2.24) is 9.97 Å². The molecule has 0 spiro atoms. The number of aromatic nitrogens is 2. The van der Waals surface area contributed by atoms with Gasteiger partial charge >= 0.3 is 12.1 Å². The molecule has 0 aromatic carbocycles. The van der Waals surface area contributed by atoms with Crippen molar-refractivity contribution in [3.63, 3.8) is 0 Å². The van der Waals surface area contributed by atoms with Crippen molar-refractivity contribution in [2.24, 2.45) is 0 Å². The molecule has 2 rings (SSSR count). The van der Waals surface area contributed by atoms with Gasteiger partial charge in [-0.05, 0) is 17.7 Å². The molecule has 0 N–H and O–H groups in total. The standard InChI is InChI=1S/C11H4ClF5N4S/c12-9-19-4-2-7(20-9)21-6(5-22-8(21)1-3-18)10(13,14)11(15,16)17/h1-2,4-5H. The largest absolute Gasteiger partial charge is 0.459 e. The normalized spacial score (nSPS) is 17.6. The average Bonchev–Trinajstić information content (AvgIpc) is 2.82. The topological polar surface area (TPSA) is 52.8 Å². The first-order valence-electron chi connectivity index (χ1n) is 5.39. The second-order valence-corrected chi connectivity index (χ2v) is 5.05. The Hall–Kier alpha value is -1.86. The molecular weight excluding hydrogens is 351 g/mol. The Morgan fingerprint density at radius 2 is 2.00 bits per heavy atom. The van der Waals surface area contributed by atoms with E-state index in [1.165, 1.54) is 0 Å². The smallest absolute Gasteiger partial charge is 0.285 e. The Balaban J connectivity index is 2.56. The molecule has 0 aliphatic carbocycles. The van der Waals surface area contributed by atoms with E-state index in [1.54, 1.807) is 6.07 Å². The van der Waals surface area contributed by atoms with E-state index in [0.29, 0.717) is 22.1 Å². The second kappa shape index (κ2) is 5.73. The first kappa shape index (κ1) is 16.5. The molecule has 0 amide bonds. The number of hydrogen-bond acceptors (Lipinski definition) is 5. The lowest BCUT2D eigenvalue weighted by molar-refractivity contribution is -0.264. The zero-order chi connectivity index (χ0) is 16.5. The number of nitriles is 1. The number of rotatable bonds is 2. The van der Waals surface area contributed by atoms with E-state index < -0.39 is 17.8 Å². The molecule has 0 atom stereocenters. The fourth-order valence-corrected chi connectivity index (χ4v) is 2.59. The summed E-state index contributed by atoms with van der Waals surface area (Å²) >= 11 is 6.08. The van der Waals surface area contributed by atoms with Crippen LogP contribution in [0.3, 0.4) is 0 Å². The fraction of sp³-hybridized carbons (Fsp3) is 0.182. The number of nitrogens with zero attached hydrogens (tertiary/aromatic N) is 4. The molecular formula is C11H4ClF5N4S. The van der Waals surface area contributed by atoms with Crippen LogP contribution in [-0.4, -0.2) is 22.1 Å². The highest BCUT2D eigenvalue weighted by atomic mass is 35.5. The van der Waals surface area contributed by atoms with E-state index in [2.05, 4.69) is 9.97 Å². The Bertz CT molecular complexity index is 694. The summed E-state index contributed by atoms with van der Waals surface area (Å²) in [5.74, 6) is -5.43. The van der Waals surface area contributed by atoms with Crippen molar-refractivity contribution in [2.45, 2.75) is 12.1 Å². The van der Waals surface area contributed by atoms with Crippen LogP contribution in [0.15, 0.2) is 34.5 Å². The maximum absolute atomic E-state index is 13.7. The van der Waals surface area contributed by atoms with Crippen LogP contribution < -0.4 is 4.90 Å². The summed E-state index contributed by atoms with van der Waals surface area (Å²) in [5, 5.41) is 8.77. The van der Waals surface area contributed by atoms with Gasteiger partial charge in [-0.3, -0.25) is 4.90 Å². The minimum absolute atomic E-state index is 0.156. The highest BCUT2D eigenvalue weighted by Gasteiger charge is 2.63. The molecule has 0 unspecified atom stereocenters. The van der Waals surface area contributed by atoms with Gasteiger partial charge in [-0.1, -0.05) is 11.8 Å². The molecule has 2 heterocycles. The second-order valence-electron chi connectivity index (χ2n) is 3.82. The zero-order valence-corrected chi connectivity index (χ0v) is 11.8. The SMILES string of the molecule is N#CC=C1SC=C(C(F)(F)C(F)(F)F)N1c1ccnc(Cl)n1. The lowest BCUT2D eigenvalue weighted by atomic mass is 10.2. The third-order valence-corrected chi connectivity index (χ3v) is 3.52. The van der Waals surface area contributed by atoms with Gasteiger partial charge in [-0.2, -0.15) is 32.2 Å². The van der Waals surface area contributed by atoms with Crippen LogP contribution in [0.5, 0.6) is 0 Å². The van der Waals surface area contributed by atoms with Crippen LogP contribution in [0.4, 0.5) is 27.8 Å². The van der Waals surface area contributed by atoms with Crippen molar-refractivity contribution < 1.29 is 22.0 Å². The number of alkyl halides is 5. The van der Waals surface area contributed by atoms with Gasteiger partial charge in [0.15, 0.2) is 0 Å². The number of halogens is 6. The molecule has 0 radical (unpaired) electrons. The van der Waals surface area contributed by atoms with Crippen LogP contribution in [0.2, 0.25) is 5.28 Å². The Morgan fingerprint density at radius 1 is 1.32 bits per heavy atom. The summed E-state index contributed by atoms with van der Waals surface area (Å²) in [4.78, 5) is 7.66. The zero-order valence-electron chi connectivity index (χ0n) is 10.3. The molecule has 0 bridgehead atoms. The molecule has 11 heteroatoms. The monoisotopic (exact) mass is 354 g/mol. The lowest BCUT2D eigenvalue weighted by Crippen LogP contribution is -2.43. The molecule has 116 valence electrons. The molecule has 22 heavy (non-hydrogen) atoms. The molecule has 0 saturated carbocycles. The van der Waals surface area contributed by atoms with Crippen molar-refractivity contribution in [3.05, 3.63) is 39.8 Å². The summed E-state index contributed by atoms with van der Waals surface area (Å²) in [7, 11) is 0. The van der Waals surface area contributed by atoms with E-state index >= 15 is 0 Å². The van der Waals surface area contributed by atoms with Gasteiger partial charge in [0.2, 0.25) is 5.28 Å². The quantitative estimate of drug-likeness (QED) is 0.455. The summed E-state index contributed by atoms with van der Waals surface area (Å²) in [5.41, 5.74) is -1.36. The van der Waals surface area contributed by atoms with E-state index in [0.717, 1.165) is 18.3 Å². The summed E-state index contributed by atoms with van der Waals surface area (Å²) in [6.45, 7) is 0. The maximum Gasteiger partial charge on any atom is 0.459 e. The third-order valence-electron chi connectivity index (χ3n) is 2.46. The molecule has 1 aliphatic heterocycles. The number of thioether (sulfide) groups is 1. The van der Waals surface area contributed by atoms with Gasteiger partial charge in [0.05, 0.1) is 11.1 Å². The molecule has 0 fully saturated rings. The molecule has 4 nitrogen and oxygen atoms in total. The van der Waals surface area contributed by atoms with Gasteiger partial charge in [0.25, 0.3) is 0 Å². The van der Waals surface area contributed by atoms with Crippen molar-refractivity contribution in [1.29, 1.82) is 5.26 Å². The molecule has 1 aromatic heterocycles. The number of anilines is 1. The van der Waals surface area contributed by atoms with E-state index in [1.807, 2.05) is 0 Å². The Morgan fingerprint density at radius 3 is 2.55 bits per heavy atom. The van der Waals surface area contributed by atoms with Gasteiger partial charge in [0, 0.05) is 17.7 Å². The van der Waals surface area contributed by atoms with Crippen molar-refractivity contribution in [3.8, 4) is 6.07 Å². The van der Waals surface area contributed by atoms with Crippen LogP contribution in [0.25, 0.3) is 0 Å². The van der Waals surface area contributed by atoms with Crippen molar-refractivity contribution >= 4 is 29.2 Å². The highest BCUT2D eigenvalue weighted by molar-refractivity contribution is 8.06. The first-order chi connectivity index (χ1) is 10.2. The predicted molar refractivity (Wildman–Crippen MR) is 69.9 cm³/mol. The molecule has 0 saturated heterocycles. The molecule has 1 aromatic rings. The fourth-order valence-electron chi connectivity index (χ4n) is 1.54. The minimum Gasteiger partial charge on any atom is -0.285 e. The highest BCUT2D eigenvalue weighted by Crippen LogP contribution is 2.50. The van der Waals surface area contributed by atoms with Gasteiger partial charge < -0.3 is 0 Å². The van der Waals surface area contributed by atoms with Crippen molar-refractivity contribution in [2.75, 3.05) is 4.90 Å². The Labute approximate surface area is 129 Å². The third kappa shape index (κ3) is 2.86. The van der Waals surface area contributed by atoms with Gasteiger partial charge in [-0.25, -0.2) is 4.98 Å². The number of hydrogen-bond donors (Lipinski definition) is 0. The first-order valence-corrected chi connectivity index (χ1v) is 6.64. The average molecular weight is 355 g/mol. The van der Waals surface area contributed by atoms with Crippen LogP contribution >= 0.6 is 23.4 Å². The van der Waals surface area contributed by atoms with Gasteiger partial charge in [0.1, 0.15) is 11.5 Å². The lowest BCUT2D eigenvalue weighted by Gasteiger charge is -2.28. The minimum atomic E-state index is -5.80. The summed E-state index contributed by atoms with van der Waals surface area (Å²) < 4.78 is 65.1. The van der Waals surface area contributed by atoms with E-state index in [-0.39, 0.29) is 16.1 Å². The number of allylic oxidation sites excluding steroid dienone is 2. The summed E-state index contributed by atoms with van der Waals surface area (Å²) in [6, 6.07) is 2.67. The summed E-state index contributed by atoms with van der Waals surface area (Å²) in [6.07, 6.45) is -3.87. The van der Waals surface area contributed by atoms with Gasteiger partial charge in [-0.15, -0.1) is 0 Å². The Kier molecular flexibility index (Phi) is 4.30. The van der Waals surface area contributed by atoms with E-state index in [4.69, 9.17) is 16.9 Å². The van der Waals surface area contributed by atoms with Crippen LogP contribution in [0, 0.1) is 11.3 Å². The van der Waals surface area contributed by atoms with E-state index in [9.17, 15) is 22.0 Å². The predicted octanol–water partition coefficient (Wildman–Crippen LogP) is 4.09. The van der Waals surface area contributed by atoms with Crippen LogP contribution in [-0.2, 0) is 0 Å². The molecule has 1 aliphatic rings.